The van der Waals surface area contributed by atoms with Crippen molar-refractivity contribution in [3.63, 3.8) is 0 Å². The summed E-state index contributed by atoms with van der Waals surface area (Å²) < 4.78 is 5.80. The second-order valence-electron chi connectivity index (χ2n) is 8.98. The summed E-state index contributed by atoms with van der Waals surface area (Å²) in [6, 6.07) is 11.0. The number of hydrogen-bond donors (Lipinski definition) is 0. The molecular weight excluding hydrogens is 324 g/mol. The van der Waals surface area contributed by atoms with Gasteiger partial charge in [0.05, 0.1) is 5.54 Å². The molecule has 26 heavy (non-hydrogen) atoms. The molecule has 0 aromatic heterocycles. The van der Waals surface area contributed by atoms with Crippen LogP contribution in [0.4, 0.5) is 4.79 Å². The van der Waals surface area contributed by atoms with Crippen LogP contribution < -0.4 is 0 Å². The highest BCUT2D eigenvalue weighted by atomic mass is 16.6. The van der Waals surface area contributed by atoms with E-state index in [2.05, 4.69) is 47.1 Å². The summed E-state index contributed by atoms with van der Waals surface area (Å²) in [5, 5.41) is 0. The molecule has 0 saturated carbocycles. The van der Waals surface area contributed by atoms with E-state index in [1.54, 1.807) is 0 Å². The minimum Gasteiger partial charge on any atom is -0.444 e. The Balaban J connectivity index is 1.77. The molecule has 2 fully saturated rings. The zero-order valence-electron chi connectivity index (χ0n) is 16.8. The first kappa shape index (κ1) is 19.2. The zero-order chi connectivity index (χ0) is 18.8. The maximum absolute atomic E-state index is 13.1. The van der Waals surface area contributed by atoms with Crippen LogP contribution in [0.25, 0.3) is 0 Å². The van der Waals surface area contributed by atoms with Crippen LogP contribution in [-0.4, -0.2) is 46.2 Å². The number of piperidine rings is 1. The summed E-state index contributed by atoms with van der Waals surface area (Å²) >= 11 is 0. The molecule has 2 atom stereocenters. The third kappa shape index (κ3) is 4.22. The predicted octanol–water partition coefficient (Wildman–Crippen LogP) is 4.83. The van der Waals surface area contributed by atoms with Crippen LogP contribution in [0.15, 0.2) is 30.3 Å². The number of nitrogens with zero attached hydrogens (tertiary/aromatic N) is 2. The Morgan fingerprint density at radius 3 is 2.62 bits per heavy atom. The van der Waals surface area contributed by atoms with Gasteiger partial charge in [0.25, 0.3) is 0 Å². The molecule has 1 aromatic carbocycles. The number of benzene rings is 1. The van der Waals surface area contributed by atoms with Crippen LogP contribution in [0.5, 0.6) is 0 Å². The minimum absolute atomic E-state index is 0.0595. The van der Waals surface area contributed by atoms with Gasteiger partial charge in [-0.25, -0.2) is 4.79 Å². The molecule has 0 unspecified atom stereocenters. The molecule has 4 nitrogen and oxygen atoms in total. The molecule has 2 aliphatic heterocycles. The number of carbonyl (C=O) groups excluding carboxylic acids is 1. The second kappa shape index (κ2) is 7.59. The third-order valence-electron chi connectivity index (χ3n) is 5.76. The van der Waals surface area contributed by atoms with Crippen LogP contribution in [0.3, 0.4) is 0 Å². The van der Waals surface area contributed by atoms with E-state index >= 15 is 0 Å². The monoisotopic (exact) mass is 358 g/mol. The molecule has 2 aliphatic rings. The molecule has 1 aromatic rings. The predicted molar refractivity (Wildman–Crippen MR) is 105 cm³/mol. The number of rotatable bonds is 3. The lowest BCUT2D eigenvalue weighted by atomic mass is 9.86. The maximum atomic E-state index is 13.1. The van der Waals surface area contributed by atoms with Crippen LogP contribution in [0.1, 0.15) is 65.4 Å². The highest BCUT2D eigenvalue weighted by molar-refractivity contribution is 5.70. The maximum Gasteiger partial charge on any atom is 0.411 e. The Morgan fingerprint density at radius 2 is 1.96 bits per heavy atom. The van der Waals surface area contributed by atoms with Crippen LogP contribution in [-0.2, 0) is 11.3 Å². The largest absolute Gasteiger partial charge is 0.444 e. The van der Waals surface area contributed by atoms with Crippen molar-refractivity contribution < 1.29 is 9.53 Å². The van der Waals surface area contributed by atoms with Crippen molar-refractivity contribution in [2.45, 2.75) is 83.5 Å². The van der Waals surface area contributed by atoms with E-state index < -0.39 is 5.60 Å². The Hall–Kier alpha value is -1.55. The van der Waals surface area contributed by atoms with Gasteiger partial charge in [-0.3, -0.25) is 9.80 Å². The normalized spacial score (nSPS) is 27.1. The number of carbonyl (C=O) groups is 1. The fourth-order valence-corrected chi connectivity index (χ4v) is 4.70. The molecule has 0 aliphatic carbocycles. The summed E-state index contributed by atoms with van der Waals surface area (Å²) in [5.41, 5.74) is 0.839. The van der Waals surface area contributed by atoms with Gasteiger partial charge < -0.3 is 4.74 Å². The Kier molecular flexibility index (Phi) is 5.61. The molecule has 1 spiro atoms. The summed E-state index contributed by atoms with van der Waals surface area (Å²) in [5.74, 6) is 0. The summed E-state index contributed by atoms with van der Waals surface area (Å²) in [6.45, 7) is 11.1. The first-order valence-corrected chi connectivity index (χ1v) is 10.1. The van der Waals surface area contributed by atoms with E-state index in [1.807, 2.05) is 20.8 Å². The quantitative estimate of drug-likeness (QED) is 0.776. The fourth-order valence-electron chi connectivity index (χ4n) is 4.70. The van der Waals surface area contributed by atoms with E-state index in [0.29, 0.717) is 6.04 Å². The van der Waals surface area contributed by atoms with Gasteiger partial charge in [0.1, 0.15) is 5.60 Å². The Labute approximate surface area is 158 Å². The van der Waals surface area contributed by atoms with Gasteiger partial charge in [0, 0.05) is 19.1 Å². The van der Waals surface area contributed by atoms with Crippen molar-refractivity contribution >= 4 is 6.09 Å². The summed E-state index contributed by atoms with van der Waals surface area (Å²) in [4.78, 5) is 17.7. The van der Waals surface area contributed by atoms with E-state index in [0.717, 1.165) is 51.7 Å². The van der Waals surface area contributed by atoms with Crippen molar-refractivity contribution in [1.29, 1.82) is 0 Å². The van der Waals surface area contributed by atoms with E-state index in [4.69, 9.17) is 4.74 Å². The van der Waals surface area contributed by atoms with E-state index in [1.165, 1.54) is 5.56 Å². The Bertz CT molecular complexity index is 610. The van der Waals surface area contributed by atoms with Gasteiger partial charge in [0.2, 0.25) is 0 Å². The standard InChI is InChI=1S/C22H34N2O2/c1-5-19-12-14-22(24(19)20(25)26-21(2,3)4)13-9-15-23(17-22)16-18-10-7-6-8-11-18/h6-8,10-11,19H,5,9,12-17H2,1-4H3/t19-,22+/m0/s1. The average Bonchev–Trinajstić information content (AvgIpc) is 2.92. The fraction of sp³-hybridized carbons (Fsp3) is 0.682. The summed E-state index contributed by atoms with van der Waals surface area (Å²) in [6.07, 6.45) is 5.30. The van der Waals surface area contributed by atoms with Crippen molar-refractivity contribution in [2.24, 2.45) is 0 Å². The lowest BCUT2D eigenvalue weighted by Crippen LogP contribution is -2.59. The first-order chi connectivity index (χ1) is 12.3. The van der Waals surface area contributed by atoms with Crippen molar-refractivity contribution in [3.8, 4) is 0 Å². The molecule has 4 heteroatoms. The van der Waals surface area contributed by atoms with Crippen molar-refractivity contribution in [3.05, 3.63) is 35.9 Å². The second-order valence-corrected chi connectivity index (χ2v) is 8.98. The number of hydrogen-bond acceptors (Lipinski definition) is 3. The highest BCUT2D eigenvalue weighted by Crippen LogP contribution is 2.42. The number of amides is 1. The lowest BCUT2D eigenvalue weighted by molar-refractivity contribution is -0.0228. The topological polar surface area (TPSA) is 32.8 Å². The third-order valence-corrected chi connectivity index (χ3v) is 5.76. The van der Waals surface area contributed by atoms with Crippen LogP contribution in [0, 0.1) is 0 Å². The SMILES string of the molecule is CC[C@H]1CC[C@@]2(CCCN(Cc3ccccc3)C2)N1C(=O)OC(C)(C)C. The molecule has 0 N–H and O–H groups in total. The molecule has 144 valence electrons. The first-order valence-electron chi connectivity index (χ1n) is 10.1. The van der Waals surface area contributed by atoms with Gasteiger partial charge in [-0.1, -0.05) is 37.3 Å². The molecule has 0 radical (unpaired) electrons. The van der Waals surface area contributed by atoms with E-state index in [-0.39, 0.29) is 11.6 Å². The lowest BCUT2D eigenvalue weighted by Gasteiger charge is -2.47. The minimum atomic E-state index is -0.447. The molecule has 0 bridgehead atoms. The van der Waals surface area contributed by atoms with Crippen LogP contribution >= 0.6 is 0 Å². The molecular formula is C22H34N2O2. The molecule has 2 heterocycles. The van der Waals surface area contributed by atoms with E-state index in [9.17, 15) is 4.79 Å². The molecule has 3 rings (SSSR count). The zero-order valence-corrected chi connectivity index (χ0v) is 16.8. The van der Waals surface area contributed by atoms with Gasteiger partial charge in [-0.15, -0.1) is 0 Å². The van der Waals surface area contributed by atoms with Crippen molar-refractivity contribution in [1.82, 2.24) is 9.80 Å². The Morgan fingerprint density at radius 1 is 1.23 bits per heavy atom. The van der Waals surface area contributed by atoms with Gasteiger partial charge in [-0.2, -0.15) is 0 Å². The number of likely N-dealkylation sites (tertiary alicyclic amines) is 2. The molecule has 1 amide bonds. The van der Waals surface area contributed by atoms with Gasteiger partial charge in [-0.05, 0) is 65.0 Å². The molecule has 2 saturated heterocycles. The van der Waals surface area contributed by atoms with Gasteiger partial charge >= 0.3 is 6.09 Å². The number of ether oxygens (including phenoxy) is 1. The highest BCUT2D eigenvalue weighted by Gasteiger charge is 2.51. The van der Waals surface area contributed by atoms with Crippen LogP contribution in [0.2, 0.25) is 0 Å². The van der Waals surface area contributed by atoms with Crippen molar-refractivity contribution in [2.75, 3.05) is 13.1 Å². The smallest absolute Gasteiger partial charge is 0.411 e. The van der Waals surface area contributed by atoms with Gasteiger partial charge in [0.15, 0.2) is 0 Å². The average molecular weight is 359 g/mol. The summed E-state index contributed by atoms with van der Waals surface area (Å²) in [7, 11) is 0.